The van der Waals surface area contributed by atoms with Gasteiger partial charge in [0.05, 0.1) is 24.8 Å². The molecule has 25 heavy (non-hydrogen) atoms. The van der Waals surface area contributed by atoms with Crippen LogP contribution in [-0.2, 0) is 15.0 Å². The molecule has 1 aliphatic carbocycles. The maximum absolute atomic E-state index is 6.13. The molecule has 0 bridgehead atoms. The van der Waals surface area contributed by atoms with Crippen molar-refractivity contribution < 1.29 is 9.47 Å². The van der Waals surface area contributed by atoms with Gasteiger partial charge in [0.25, 0.3) is 0 Å². The van der Waals surface area contributed by atoms with Gasteiger partial charge >= 0.3 is 0 Å². The summed E-state index contributed by atoms with van der Waals surface area (Å²) in [5.74, 6) is 0. The number of allylic oxidation sites excluding steroid dienone is 1. The highest BCUT2D eigenvalue weighted by atomic mass is 16.5. The molecule has 0 aliphatic heterocycles. The van der Waals surface area contributed by atoms with Crippen LogP contribution in [0.3, 0.4) is 0 Å². The molecule has 7 heteroatoms. The highest BCUT2D eigenvalue weighted by Gasteiger charge is 2.39. The summed E-state index contributed by atoms with van der Waals surface area (Å²) in [4.78, 5) is 0. The van der Waals surface area contributed by atoms with Crippen molar-refractivity contribution in [3.63, 3.8) is 0 Å². The molecule has 1 aromatic carbocycles. The van der Waals surface area contributed by atoms with E-state index < -0.39 is 5.54 Å². The van der Waals surface area contributed by atoms with Gasteiger partial charge in [-0.1, -0.05) is 6.08 Å². The van der Waals surface area contributed by atoms with Gasteiger partial charge in [-0.3, -0.25) is 0 Å². The molecule has 0 radical (unpaired) electrons. The normalized spacial score (nSPS) is 22.8. The second-order valence-corrected chi connectivity index (χ2v) is 6.10. The van der Waals surface area contributed by atoms with Crippen molar-refractivity contribution in [2.45, 2.75) is 11.6 Å². The number of benzene rings is 1. The molecule has 0 aromatic heterocycles. The third-order valence-electron chi connectivity index (χ3n) is 4.22. The van der Waals surface area contributed by atoms with Crippen LogP contribution in [0.4, 0.5) is 11.4 Å². The third kappa shape index (κ3) is 4.73. The number of nitrogens with two attached hydrogens (primary N) is 3. The Labute approximate surface area is 149 Å². The molecular formula is C18H29N5O2. The number of nitrogens with one attached hydrogen (secondary N) is 2. The molecule has 0 amide bonds. The molecule has 138 valence electrons. The zero-order valence-corrected chi connectivity index (χ0v) is 14.9. The van der Waals surface area contributed by atoms with E-state index in [1.54, 1.807) is 20.3 Å². The van der Waals surface area contributed by atoms with Crippen LogP contribution >= 0.6 is 0 Å². The summed E-state index contributed by atoms with van der Waals surface area (Å²) in [6.45, 7) is 2.52. The largest absolute Gasteiger partial charge is 0.399 e. The molecule has 2 atom stereocenters. The van der Waals surface area contributed by atoms with Crippen molar-refractivity contribution in [3.05, 3.63) is 47.7 Å². The van der Waals surface area contributed by atoms with Gasteiger partial charge in [0.1, 0.15) is 0 Å². The topological polar surface area (TPSA) is 121 Å². The Kier molecular flexibility index (Phi) is 6.83. The Balaban J connectivity index is 2.43. The highest BCUT2D eigenvalue weighted by molar-refractivity contribution is 5.58. The van der Waals surface area contributed by atoms with E-state index >= 15 is 0 Å². The number of nitrogen functional groups attached to an aromatic ring is 2. The average Bonchev–Trinajstić information content (AvgIpc) is 2.56. The Morgan fingerprint density at radius 3 is 2.28 bits per heavy atom. The van der Waals surface area contributed by atoms with Crippen molar-refractivity contribution >= 4 is 11.4 Å². The molecule has 0 saturated carbocycles. The van der Waals surface area contributed by atoms with E-state index in [1.165, 1.54) is 0 Å². The predicted octanol–water partition coefficient (Wildman–Crippen LogP) is 0.299. The summed E-state index contributed by atoms with van der Waals surface area (Å²) < 4.78 is 10.4. The average molecular weight is 347 g/mol. The minimum Gasteiger partial charge on any atom is -0.399 e. The van der Waals surface area contributed by atoms with Gasteiger partial charge in [0, 0.05) is 44.4 Å². The quantitative estimate of drug-likeness (QED) is 0.322. The van der Waals surface area contributed by atoms with Crippen LogP contribution < -0.4 is 27.8 Å². The van der Waals surface area contributed by atoms with Crippen LogP contribution in [0.15, 0.2) is 42.1 Å². The van der Waals surface area contributed by atoms with E-state index in [9.17, 15) is 0 Å². The van der Waals surface area contributed by atoms with E-state index in [0.29, 0.717) is 43.4 Å². The van der Waals surface area contributed by atoms with Crippen molar-refractivity contribution in [3.8, 4) is 0 Å². The minimum atomic E-state index is -0.589. The zero-order chi connectivity index (χ0) is 18.3. The van der Waals surface area contributed by atoms with Gasteiger partial charge in [-0.15, -0.1) is 0 Å². The summed E-state index contributed by atoms with van der Waals surface area (Å²) in [5, 5.41) is 7.07. The number of hydrogen-bond acceptors (Lipinski definition) is 7. The summed E-state index contributed by atoms with van der Waals surface area (Å²) in [6.07, 6.45) is 5.95. The molecule has 0 heterocycles. The van der Waals surface area contributed by atoms with E-state index in [0.717, 1.165) is 5.56 Å². The number of hydrogen-bond donors (Lipinski definition) is 5. The summed E-state index contributed by atoms with van der Waals surface area (Å²) in [7, 11) is 3.35. The molecule has 0 saturated heterocycles. The van der Waals surface area contributed by atoms with Gasteiger partial charge in [0.2, 0.25) is 0 Å². The fourth-order valence-corrected chi connectivity index (χ4v) is 3.11. The Hall–Kier alpha value is -2.06. The van der Waals surface area contributed by atoms with Gasteiger partial charge < -0.3 is 37.3 Å². The minimum absolute atomic E-state index is 0.0481. The van der Waals surface area contributed by atoms with Gasteiger partial charge in [-0.25, -0.2) is 0 Å². The smallest absolute Gasteiger partial charge is 0.0837 e. The molecule has 2 unspecified atom stereocenters. The summed E-state index contributed by atoms with van der Waals surface area (Å²) in [5.41, 5.74) is 20.5. The Morgan fingerprint density at radius 2 is 1.64 bits per heavy atom. The van der Waals surface area contributed by atoms with Crippen LogP contribution in [0, 0.1) is 0 Å². The Bertz CT molecular complexity index is 612. The second kappa shape index (κ2) is 8.87. The maximum Gasteiger partial charge on any atom is 0.0837 e. The molecule has 7 nitrogen and oxygen atoms in total. The number of anilines is 2. The lowest BCUT2D eigenvalue weighted by Gasteiger charge is -2.41. The van der Waals surface area contributed by atoms with Crippen LogP contribution in [-0.4, -0.2) is 46.6 Å². The molecule has 1 aliphatic rings. The maximum atomic E-state index is 6.13. The molecule has 0 fully saturated rings. The first-order valence-corrected chi connectivity index (χ1v) is 8.31. The van der Waals surface area contributed by atoms with E-state index in [4.69, 9.17) is 26.7 Å². The molecule has 2 rings (SSSR count). The predicted molar refractivity (Wildman–Crippen MR) is 102 cm³/mol. The number of methoxy groups -OCH3 is 2. The zero-order valence-electron chi connectivity index (χ0n) is 14.9. The van der Waals surface area contributed by atoms with Crippen LogP contribution in [0.1, 0.15) is 5.56 Å². The fraction of sp³-hybridized carbons (Fsp3) is 0.444. The first-order valence-electron chi connectivity index (χ1n) is 8.31. The van der Waals surface area contributed by atoms with Gasteiger partial charge in [0.15, 0.2) is 0 Å². The van der Waals surface area contributed by atoms with E-state index in [1.807, 2.05) is 30.4 Å². The highest BCUT2D eigenvalue weighted by Crippen LogP contribution is 2.34. The van der Waals surface area contributed by atoms with Crippen molar-refractivity contribution in [1.29, 1.82) is 0 Å². The Morgan fingerprint density at radius 1 is 1.00 bits per heavy atom. The molecule has 1 aromatic rings. The first-order chi connectivity index (χ1) is 12.0. The van der Waals surface area contributed by atoms with Crippen LogP contribution in [0.25, 0.3) is 0 Å². The summed E-state index contributed by atoms with van der Waals surface area (Å²) >= 11 is 0. The lowest BCUT2D eigenvalue weighted by molar-refractivity contribution is 0.176. The van der Waals surface area contributed by atoms with Crippen molar-refractivity contribution in [2.75, 3.05) is 52.0 Å². The standard InChI is InChI=1S/C18H29N5O2/c1-24-7-5-22-17-4-3-14(19)12-18(17,23-6-8-25-2)13-9-15(20)11-16(21)10-13/h3-4,9-12,17,22-23H,5-8,19-21H2,1-2H3. The first kappa shape index (κ1) is 19.3. The van der Waals surface area contributed by atoms with Crippen LogP contribution in [0.2, 0.25) is 0 Å². The third-order valence-corrected chi connectivity index (χ3v) is 4.22. The SMILES string of the molecule is COCCNC1C=CC(N)=CC1(NCCOC)c1cc(N)cc(N)c1. The lowest BCUT2D eigenvalue weighted by atomic mass is 9.78. The monoisotopic (exact) mass is 347 g/mol. The van der Waals surface area contributed by atoms with Crippen molar-refractivity contribution in [1.82, 2.24) is 10.6 Å². The summed E-state index contributed by atoms with van der Waals surface area (Å²) in [6, 6.07) is 5.53. The van der Waals surface area contributed by atoms with Crippen LogP contribution in [0.5, 0.6) is 0 Å². The fourth-order valence-electron chi connectivity index (χ4n) is 3.11. The molecule has 0 spiro atoms. The lowest BCUT2D eigenvalue weighted by Crippen LogP contribution is -2.58. The number of ether oxygens (including phenoxy) is 2. The molecular weight excluding hydrogens is 318 g/mol. The van der Waals surface area contributed by atoms with Crippen molar-refractivity contribution in [2.24, 2.45) is 5.73 Å². The van der Waals surface area contributed by atoms with Gasteiger partial charge in [-0.2, -0.15) is 0 Å². The number of rotatable bonds is 9. The molecule has 8 N–H and O–H groups in total. The second-order valence-electron chi connectivity index (χ2n) is 6.10. The van der Waals surface area contributed by atoms with Gasteiger partial charge in [-0.05, 0) is 35.9 Å². The van der Waals surface area contributed by atoms with E-state index in [-0.39, 0.29) is 6.04 Å². The van der Waals surface area contributed by atoms with E-state index in [2.05, 4.69) is 10.6 Å².